The van der Waals surface area contributed by atoms with Gasteiger partial charge in [-0.1, -0.05) is 30.7 Å². The number of likely N-dealkylation sites (tertiary alicyclic amines) is 1. The molecule has 2 heterocycles. The molecule has 1 saturated carbocycles. The number of halogens is 2. The number of piperidine rings is 1. The summed E-state index contributed by atoms with van der Waals surface area (Å²) in [7, 11) is 0. The maximum atomic E-state index is 14.5. The number of fused-ring (bicyclic) bond motifs is 1. The van der Waals surface area contributed by atoms with E-state index in [1.54, 1.807) is 27.3 Å². The van der Waals surface area contributed by atoms with Crippen molar-refractivity contribution in [1.29, 1.82) is 0 Å². The Hall–Kier alpha value is -3.91. The average Bonchev–Trinajstić information content (AvgIpc) is 3.70. The van der Waals surface area contributed by atoms with Crippen molar-refractivity contribution in [3.63, 3.8) is 0 Å². The number of hydrogen-bond donors (Lipinski definition) is 1. The summed E-state index contributed by atoms with van der Waals surface area (Å²) in [5.41, 5.74) is 2.29. The molecule has 0 spiro atoms. The fourth-order valence-electron chi connectivity index (χ4n) is 6.16. The second-order valence-corrected chi connectivity index (χ2v) is 11.2. The number of carboxylic acid groups (broad SMARTS) is 1. The number of carbonyl (C=O) groups excluding carboxylic acids is 1. The monoisotopic (exact) mass is 561 g/mol. The summed E-state index contributed by atoms with van der Waals surface area (Å²) in [5, 5.41) is 9.97. The molecule has 1 aliphatic heterocycles. The van der Waals surface area contributed by atoms with Crippen LogP contribution in [0, 0.1) is 5.82 Å². The molecular formula is C31H29ClFN3O4. The molecule has 2 aliphatic rings. The van der Waals surface area contributed by atoms with E-state index in [2.05, 4.69) is 0 Å². The molecular weight excluding hydrogens is 533 g/mol. The number of aromatic carboxylic acids is 1. The molecule has 1 N–H and O–H groups in total. The summed E-state index contributed by atoms with van der Waals surface area (Å²) in [5.74, 6) is -1.34. The first kappa shape index (κ1) is 26.3. The van der Waals surface area contributed by atoms with Crippen molar-refractivity contribution < 1.29 is 19.1 Å². The molecule has 1 aliphatic carbocycles. The van der Waals surface area contributed by atoms with Crippen LogP contribution in [-0.4, -0.2) is 44.1 Å². The molecule has 2 fully saturated rings. The number of benzene rings is 3. The number of carboxylic acids is 1. The van der Waals surface area contributed by atoms with Gasteiger partial charge in [0.1, 0.15) is 5.82 Å². The van der Waals surface area contributed by atoms with E-state index in [4.69, 9.17) is 11.6 Å². The van der Waals surface area contributed by atoms with Crippen LogP contribution in [0.1, 0.15) is 66.4 Å². The van der Waals surface area contributed by atoms with E-state index in [9.17, 15) is 23.9 Å². The van der Waals surface area contributed by atoms with Crippen LogP contribution in [0.5, 0.6) is 0 Å². The van der Waals surface area contributed by atoms with Crippen molar-refractivity contribution in [2.45, 2.75) is 50.5 Å². The number of rotatable bonds is 6. The minimum atomic E-state index is -1.22. The van der Waals surface area contributed by atoms with Crippen LogP contribution >= 0.6 is 11.6 Å². The number of aromatic nitrogens is 2. The summed E-state index contributed by atoms with van der Waals surface area (Å²) < 4.78 is 17.8. The molecule has 0 bridgehead atoms. The van der Waals surface area contributed by atoms with E-state index < -0.39 is 17.3 Å². The third-order valence-electron chi connectivity index (χ3n) is 8.41. The molecule has 3 aromatic carbocycles. The van der Waals surface area contributed by atoms with Gasteiger partial charge in [0.25, 0.3) is 0 Å². The van der Waals surface area contributed by atoms with Crippen molar-refractivity contribution >= 4 is 34.5 Å². The third kappa shape index (κ3) is 4.40. The Morgan fingerprint density at radius 3 is 2.33 bits per heavy atom. The second-order valence-electron chi connectivity index (χ2n) is 10.8. The first-order valence-electron chi connectivity index (χ1n) is 13.6. The predicted octanol–water partition coefficient (Wildman–Crippen LogP) is 5.94. The zero-order valence-electron chi connectivity index (χ0n) is 22.1. The van der Waals surface area contributed by atoms with Gasteiger partial charge in [0, 0.05) is 24.5 Å². The van der Waals surface area contributed by atoms with Crippen molar-refractivity contribution in [2.75, 3.05) is 13.1 Å². The number of amides is 1. The average molecular weight is 562 g/mol. The van der Waals surface area contributed by atoms with E-state index in [-0.39, 0.29) is 17.2 Å². The molecule has 9 heteroatoms. The van der Waals surface area contributed by atoms with Gasteiger partial charge in [-0.05, 0) is 91.3 Å². The van der Waals surface area contributed by atoms with E-state index in [0.29, 0.717) is 52.5 Å². The molecule has 206 valence electrons. The fraction of sp³-hybridized carbons (Fsp3) is 0.323. The SMILES string of the molecule is CCC(=O)N1CCC(c2ccc(-n3c(=O)n(C4(c5cc(F)cc(C(=O)O)c5)CC4)c4ccc(Cl)cc43)cc2)CC1. The zero-order chi connectivity index (χ0) is 28.2. The summed E-state index contributed by atoms with van der Waals surface area (Å²) in [6.07, 6.45) is 3.47. The summed E-state index contributed by atoms with van der Waals surface area (Å²) in [6.45, 7) is 3.38. The van der Waals surface area contributed by atoms with Gasteiger partial charge in [0.05, 0.1) is 27.8 Å². The van der Waals surface area contributed by atoms with Gasteiger partial charge >= 0.3 is 11.7 Å². The standard InChI is InChI=1S/C31H29ClFN3O4/c1-2-28(37)34-13-9-20(10-14-34)19-3-6-25(7-4-19)35-27-18-23(32)5-8-26(27)36(30(35)40)31(11-12-31)22-15-21(29(38)39)16-24(33)17-22/h3-8,15-18,20H,2,9-14H2,1H3,(H,38,39). The molecule has 7 nitrogen and oxygen atoms in total. The molecule has 1 saturated heterocycles. The molecule has 0 unspecified atom stereocenters. The van der Waals surface area contributed by atoms with Crippen LogP contribution in [0.2, 0.25) is 5.02 Å². The first-order chi connectivity index (χ1) is 19.2. The Morgan fingerprint density at radius 2 is 1.70 bits per heavy atom. The van der Waals surface area contributed by atoms with Crippen molar-refractivity contribution in [2.24, 2.45) is 0 Å². The lowest BCUT2D eigenvalue weighted by molar-refractivity contribution is -0.131. The van der Waals surface area contributed by atoms with Gasteiger partial charge in [0.15, 0.2) is 0 Å². The van der Waals surface area contributed by atoms with Crippen LogP contribution in [0.15, 0.2) is 65.5 Å². The van der Waals surface area contributed by atoms with Crippen LogP contribution < -0.4 is 5.69 Å². The van der Waals surface area contributed by atoms with E-state index in [1.165, 1.54) is 17.7 Å². The Labute approximate surface area is 235 Å². The van der Waals surface area contributed by atoms with E-state index in [0.717, 1.165) is 32.0 Å². The normalized spacial score (nSPS) is 16.8. The topological polar surface area (TPSA) is 84.5 Å². The zero-order valence-corrected chi connectivity index (χ0v) is 22.8. The predicted molar refractivity (Wildman–Crippen MR) is 151 cm³/mol. The number of carbonyl (C=O) groups is 2. The summed E-state index contributed by atoms with van der Waals surface area (Å²) >= 11 is 6.37. The fourth-order valence-corrected chi connectivity index (χ4v) is 6.32. The van der Waals surface area contributed by atoms with E-state index in [1.807, 2.05) is 36.1 Å². The lowest BCUT2D eigenvalue weighted by Crippen LogP contribution is -2.37. The Kier molecular flexibility index (Phi) is 6.53. The first-order valence-corrected chi connectivity index (χ1v) is 14.0. The number of imidazole rings is 1. The van der Waals surface area contributed by atoms with Crippen LogP contribution in [-0.2, 0) is 10.3 Å². The molecule has 40 heavy (non-hydrogen) atoms. The van der Waals surface area contributed by atoms with Crippen LogP contribution in [0.4, 0.5) is 4.39 Å². The lowest BCUT2D eigenvalue weighted by Gasteiger charge is -2.32. The summed E-state index contributed by atoms with van der Waals surface area (Å²) in [4.78, 5) is 39.7. The van der Waals surface area contributed by atoms with Crippen LogP contribution in [0.3, 0.4) is 0 Å². The minimum Gasteiger partial charge on any atom is -0.478 e. The Bertz CT molecular complexity index is 1700. The largest absolute Gasteiger partial charge is 0.478 e. The highest BCUT2D eigenvalue weighted by Crippen LogP contribution is 2.50. The third-order valence-corrected chi connectivity index (χ3v) is 8.64. The van der Waals surface area contributed by atoms with Gasteiger partial charge < -0.3 is 10.0 Å². The smallest absolute Gasteiger partial charge is 0.335 e. The highest BCUT2D eigenvalue weighted by atomic mass is 35.5. The van der Waals surface area contributed by atoms with Gasteiger partial charge in [-0.2, -0.15) is 0 Å². The van der Waals surface area contributed by atoms with Gasteiger partial charge in [-0.25, -0.2) is 14.0 Å². The maximum absolute atomic E-state index is 14.5. The Morgan fingerprint density at radius 1 is 1.00 bits per heavy atom. The second kappa shape index (κ2) is 9.93. The van der Waals surface area contributed by atoms with Crippen molar-refractivity contribution in [3.05, 3.63) is 98.7 Å². The minimum absolute atomic E-state index is 0.151. The maximum Gasteiger partial charge on any atom is 0.335 e. The highest BCUT2D eigenvalue weighted by Gasteiger charge is 2.49. The van der Waals surface area contributed by atoms with Gasteiger partial charge in [-0.15, -0.1) is 0 Å². The van der Waals surface area contributed by atoms with Crippen LogP contribution in [0.25, 0.3) is 16.7 Å². The molecule has 0 atom stereocenters. The highest BCUT2D eigenvalue weighted by molar-refractivity contribution is 6.31. The molecule has 6 rings (SSSR count). The quantitative estimate of drug-likeness (QED) is 0.316. The number of nitrogens with zero attached hydrogens (tertiary/aromatic N) is 3. The summed E-state index contributed by atoms with van der Waals surface area (Å²) in [6, 6.07) is 16.9. The molecule has 1 aromatic heterocycles. The Balaban J connectivity index is 1.40. The lowest BCUT2D eigenvalue weighted by atomic mass is 9.89. The van der Waals surface area contributed by atoms with Gasteiger partial charge in [0.2, 0.25) is 5.91 Å². The molecule has 4 aromatic rings. The molecule has 1 amide bonds. The van der Waals surface area contributed by atoms with E-state index >= 15 is 0 Å². The van der Waals surface area contributed by atoms with Gasteiger partial charge in [-0.3, -0.25) is 13.9 Å². The van der Waals surface area contributed by atoms with Crippen molar-refractivity contribution in [3.8, 4) is 5.69 Å². The number of hydrogen-bond acceptors (Lipinski definition) is 3. The molecule has 0 radical (unpaired) electrons. The van der Waals surface area contributed by atoms with Crippen molar-refractivity contribution in [1.82, 2.24) is 14.0 Å².